The van der Waals surface area contributed by atoms with Crippen LogP contribution in [0.3, 0.4) is 0 Å². The monoisotopic (exact) mass is 385 g/mol. The van der Waals surface area contributed by atoms with Gasteiger partial charge in [-0.3, -0.25) is 4.79 Å². The van der Waals surface area contributed by atoms with Gasteiger partial charge in [-0.05, 0) is 29.8 Å². The van der Waals surface area contributed by atoms with Crippen LogP contribution in [-0.4, -0.2) is 22.8 Å². The molecule has 0 saturated heterocycles. The largest absolute Gasteiger partial charge is 0.418 e. The Morgan fingerprint density at radius 3 is 2.32 bits per heavy atom. The minimum absolute atomic E-state index is 0.0722. The van der Waals surface area contributed by atoms with Crippen LogP contribution in [0.25, 0.3) is 0 Å². The normalized spacial score (nSPS) is 11.1. The first kappa shape index (κ1) is 19.4. The first-order chi connectivity index (χ1) is 13.3. The predicted octanol–water partition coefficient (Wildman–Crippen LogP) is 5.12. The van der Waals surface area contributed by atoms with E-state index in [1.54, 1.807) is 7.05 Å². The number of alkyl halides is 3. The lowest BCUT2D eigenvalue weighted by Crippen LogP contribution is -2.26. The zero-order chi connectivity index (χ0) is 20.1. The summed E-state index contributed by atoms with van der Waals surface area (Å²) in [5.74, 6) is -0.272. The highest BCUT2D eigenvalue weighted by molar-refractivity contribution is 5.92. The van der Waals surface area contributed by atoms with Gasteiger partial charge in [0.2, 0.25) is 0 Å². The summed E-state index contributed by atoms with van der Waals surface area (Å²) in [5.41, 5.74) is 0.724. The lowest BCUT2D eigenvalue weighted by atomic mass is 10.1. The number of aromatic nitrogens is 1. The Hall–Kier alpha value is -3.35. The number of halogens is 3. The lowest BCUT2D eigenvalue weighted by molar-refractivity contribution is -0.136. The zero-order valence-corrected chi connectivity index (χ0v) is 15.1. The predicted molar refractivity (Wildman–Crippen MR) is 101 cm³/mol. The van der Waals surface area contributed by atoms with E-state index in [1.165, 1.54) is 41.4 Å². The minimum atomic E-state index is -4.47. The second kappa shape index (κ2) is 8.12. The third-order valence-electron chi connectivity index (χ3n) is 4.10. The van der Waals surface area contributed by atoms with Gasteiger partial charge in [-0.1, -0.05) is 42.5 Å². The molecule has 1 N–H and O–H groups in total. The molecule has 4 nitrogen and oxygen atoms in total. The molecule has 0 aliphatic carbocycles. The molecule has 0 bridgehead atoms. The molecule has 144 valence electrons. The average molecular weight is 385 g/mol. The van der Waals surface area contributed by atoms with Crippen LogP contribution in [0.1, 0.15) is 21.6 Å². The molecule has 0 fully saturated rings. The van der Waals surface area contributed by atoms with Crippen molar-refractivity contribution in [3.8, 4) is 0 Å². The van der Waals surface area contributed by atoms with Gasteiger partial charge < -0.3 is 10.2 Å². The van der Waals surface area contributed by atoms with Crippen molar-refractivity contribution >= 4 is 17.3 Å². The second-order valence-corrected chi connectivity index (χ2v) is 6.25. The second-order valence-electron chi connectivity index (χ2n) is 6.25. The Kier molecular flexibility index (Phi) is 5.63. The quantitative estimate of drug-likeness (QED) is 0.663. The van der Waals surface area contributed by atoms with Gasteiger partial charge in [-0.25, -0.2) is 4.98 Å². The Morgan fingerprint density at radius 2 is 1.68 bits per heavy atom. The number of hydrogen-bond donors (Lipinski definition) is 1. The van der Waals surface area contributed by atoms with Crippen molar-refractivity contribution in [1.29, 1.82) is 0 Å². The highest BCUT2D eigenvalue weighted by Gasteiger charge is 2.33. The van der Waals surface area contributed by atoms with E-state index in [1.807, 2.05) is 30.3 Å². The summed E-state index contributed by atoms with van der Waals surface area (Å²) in [4.78, 5) is 18.1. The van der Waals surface area contributed by atoms with Crippen LogP contribution in [-0.2, 0) is 12.7 Å². The number of carbonyl (C=O) groups is 1. The molecule has 0 unspecified atom stereocenters. The van der Waals surface area contributed by atoms with Crippen molar-refractivity contribution < 1.29 is 18.0 Å². The number of nitrogens with zero attached hydrogens (tertiary/aromatic N) is 2. The van der Waals surface area contributed by atoms with E-state index < -0.39 is 11.7 Å². The first-order valence-electron chi connectivity index (χ1n) is 8.53. The van der Waals surface area contributed by atoms with E-state index in [4.69, 9.17) is 0 Å². The van der Waals surface area contributed by atoms with Crippen molar-refractivity contribution in [3.63, 3.8) is 0 Å². The van der Waals surface area contributed by atoms with E-state index in [2.05, 4.69) is 10.3 Å². The summed E-state index contributed by atoms with van der Waals surface area (Å²) < 4.78 is 39.2. The van der Waals surface area contributed by atoms with Crippen molar-refractivity contribution in [1.82, 2.24) is 9.88 Å². The number of nitrogens with one attached hydrogen (secondary N) is 1. The molecule has 2 aromatic carbocycles. The number of hydrogen-bond acceptors (Lipinski definition) is 3. The third kappa shape index (κ3) is 4.68. The molecule has 7 heteroatoms. The van der Waals surface area contributed by atoms with E-state index >= 15 is 0 Å². The first-order valence-corrected chi connectivity index (χ1v) is 8.53. The van der Waals surface area contributed by atoms with Gasteiger partial charge in [0.25, 0.3) is 5.91 Å². The smallest absolute Gasteiger partial charge is 0.354 e. The summed E-state index contributed by atoms with van der Waals surface area (Å²) in [6, 6.07) is 17.7. The van der Waals surface area contributed by atoms with Crippen molar-refractivity contribution in [2.24, 2.45) is 0 Å². The molecular weight excluding hydrogens is 367 g/mol. The number of pyridine rings is 1. The average Bonchev–Trinajstić information content (AvgIpc) is 2.68. The number of para-hydroxylation sites is 1. The van der Waals surface area contributed by atoms with Gasteiger partial charge in [0.05, 0.1) is 23.1 Å². The van der Waals surface area contributed by atoms with Crippen molar-refractivity contribution in [3.05, 3.63) is 89.7 Å². The maximum Gasteiger partial charge on any atom is 0.418 e. The molecule has 0 aliphatic heterocycles. The van der Waals surface area contributed by atoms with Crippen molar-refractivity contribution in [2.75, 3.05) is 12.4 Å². The van der Waals surface area contributed by atoms with E-state index in [0.29, 0.717) is 12.2 Å². The fourth-order valence-electron chi connectivity index (χ4n) is 2.71. The number of rotatable bonds is 5. The molecule has 1 aromatic heterocycles. The maximum absolute atomic E-state index is 13.1. The van der Waals surface area contributed by atoms with E-state index in [0.717, 1.165) is 11.6 Å². The molecule has 1 amide bonds. The molecule has 3 rings (SSSR count). The third-order valence-corrected chi connectivity index (χ3v) is 4.10. The highest BCUT2D eigenvalue weighted by atomic mass is 19.4. The van der Waals surface area contributed by atoms with E-state index in [9.17, 15) is 18.0 Å². The van der Waals surface area contributed by atoms with Crippen LogP contribution in [0.15, 0.2) is 72.9 Å². The number of carbonyl (C=O) groups excluding carboxylic acids is 1. The van der Waals surface area contributed by atoms with Crippen LogP contribution >= 0.6 is 0 Å². The maximum atomic E-state index is 13.1. The van der Waals surface area contributed by atoms with E-state index in [-0.39, 0.29) is 17.3 Å². The molecule has 1 heterocycles. The fourth-order valence-corrected chi connectivity index (χ4v) is 2.71. The number of benzene rings is 2. The van der Waals surface area contributed by atoms with Gasteiger partial charge in [-0.15, -0.1) is 0 Å². The van der Waals surface area contributed by atoms with Gasteiger partial charge in [-0.2, -0.15) is 13.2 Å². The summed E-state index contributed by atoms with van der Waals surface area (Å²) in [5, 5.41) is 2.71. The molecule has 0 spiro atoms. The highest BCUT2D eigenvalue weighted by Crippen LogP contribution is 2.35. The Bertz CT molecular complexity index is 941. The Labute approximate surface area is 160 Å². The molecule has 0 saturated carbocycles. The van der Waals surface area contributed by atoms with Gasteiger partial charge >= 0.3 is 6.18 Å². The van der Waals surface area contributed by atoms with Crippen LogP contribution in [0.4, 0.5) is 24.5 Å². The molecule has 0 aliphatic rings. The Balaban J connectivity index is 1.71. The Morgan fingerprint density at radius 1 is 1.00 bits per heavy atom. The SMILES string of the molecule is CN(Cc1ccccc1)C(=O)c1ccc(Nc2ccccc2C(F)(F)F)cn1. The van der Waals surface area contributed by atoms with Gasteiger partial charge in [0, 0.05) is 13.6 Å². The van der Waals surface area contributed by atoms with Gasteiger partial charge in [0.1, 0.15) is 5.69 Å². The summed E-state index contributed by atoms with van der Waals surface area (Å²) >= 11 is 0. The fraction of sp³-hybridized carbons (Fsp3) is 0.143. The molecule has 0 radical (unpaired) electrons. The molecule has 0 atom stereocenters. The van der Waals surface area contributed by atoms with Crippen molar-refractivity contribution in [2.45, 2.75) is 12.7 Å². The topological polar surface area (TPSA) is 45.2 Å². The van der Waals surface area contributed by atoms with Gasteiger partial charge in [0.15, 0.2) is 0 Å². The molecule has 3 aromatic rings. The molecule has 28 heavy (non-hydrogen) atoms. The summed E-state index contributed by atoms with van der Waals surface area (Å²) in [6.45, 7) is 0.431. The zero-order valence-electron chi connectivity index (χ0n) is 15.1. The standard InChI is InChI=1S/C21H18F3N3O/c1-27(14-15-7-3-2-4-8-15)20(28)19-12-11-16(13-25-19)26-18-10-6-5-9-17(18)21(22,23)24/h2-13,26H,14H2,1H3. The van der Waals surface area contributed by atoms with Crippen LogP contribution in [0.5, 0.6) is 0 Å². The molecular formula is C21H18F3N3O. The minimum Gasteiger partial charge on any atom is -0.354 e. The number of amides is 1. The van der Waals surface area contributed by atoms with Crippen LogP contribution in [0, 0.1) is 0 Å². The lowest BCUT2D eigenvalue weighted by Gasteiger charge is -2.17. The summed E-state index contributed by atoms with van der Waals surface area (Å²) in [7, 11) is 1.67. The van der Waals surface area contributed by atoms with Crippen LogP contribution < -0.4 is 5.32 Å². The number of anilines is 2. The van der Waals surface area contributed by atoms with Crippen LogP contribution in [0.2, 0.25) is 0 Å². The summed E-state index contributed by atoms with van der Waals surface area (Å²) in [6.07, 6.45) is -3.12.